The van der Waals surface area contributed by atoms with E-state index in [4.69, 9.17) is 0 Å². The molecule has 0 rings (SSSR count). The molecule has 0 aromatic carbocycles. The molecule has 2 N–H and O–H groups in total. The van der Waals surface area contributed by atoms with Crippen LogP contribution in [-0.2, 0) is 26.7 Å². The van der Waals surface area contributed by atoms with Gasteiger partial charge in [0.1, 0.15) is 0 Å². The van der Waals surface area contributed by atoms with Crippen LogP contribution in [0.3, 0.4) is 0 Å². The highest BCUT2D eigenvalue weighted by Crippen LogP contribution is 2.30. The van der Waals surface area contributed by atoms with Gasteiger partial charge in [-0.15, -0.1) is 0 Å². The molecule has 13 heteroatoms. The van der Waals surface area contributed by atoms with Crippen molar-refractivity contribution in [2.24, 2.45) is 5.92 Å². The second kappa shape index (κ2) is 9.11. The second-order valence-electron chi connectivity index (χ2n) is 6.49. The number of rotatable bonds is 9. The highest BCUT2D eigenvalue weighted by molar-refractivity contribution is 7.84. The van der Waals surface area contributed by atoms with Gasteiger partial charge in [0.15, 0.2) is 0 Å². The molecule has 5 nitrogen and oxygen atoms in total. The third kappa shape index (κ3) is 9.31. The van der Waals surface area contributed by atoms with Crippen molar-refractivity contribution in [2.75, 3.05) is 5.75 Å². The Morgan fingerprint density at radius 1 is 1.00 bits per heavy atom. The molecule has 152 valence electrons. The third-order valence-electron chi connectivity index (χ3n) is 2.36. The first-order valence-electron chi connectivity index (χ1n) is 7.05. The Labute approximate surface area is 147 Å². The van der Waals surface area contributed by atoms with E-state index < -0.39 is 51.5 Å². The molecular weight excluding hydrogens is 398 g/mol. The van der Waals surface area contributed by atoms with Gasteiger partial charge in [-0.25, -0.2) is 17.5 Å². The average Bonchev–Trinajstić information content (AvgIpc) is 2.34. The highest BCUT2D eigenvalue weighted by atomic mass is 32.2. The number of ether oxygens (including phenoxy) is 1. The molecule has 0 saturated carbocycles. The van der Waals surface area contributed by atoms with Crippen LogP contribution in [-0.4, -0.2) is 43.7 Å². The summed E-state index contributed by atoms with van der Waals surface area (Å²) in [5, 5.41) is 0. The zero-order chi connectivity index (χ0) is 20.2. The van der Waals surface area contributed by atoms with E-state index in [9.17, 15) is 34.8 Å². The van der Waals surface area contributed by atoms with Crippen molar-refractivity contribution >= 4 is 22.0 Å². The summed E-state index contributed by atoms with van der Waals surface area (Å²) in [5.74, 6) is -0.542. The van der Waals surface area contributed by atoms with Crippen LogP contribution in [0.5, 0.6) is 0 Å². The molecule has 0 aromatic heterocycles. The van der Waals surface area contributed by atoms with Crippen molar-refractivity contribution < 1.29 is 39.5 Å². The number of nitrogens with one attached hydrogen (secondary N) is 2. The normalized spacial score (nSPS) is 18.9. The Morgan fingerprint density at radius 2 is 1.48 bits per heavy atom. The number of hydrogen-bond acceptors (Lipinski definition) is 3. The molecule has 0 saturated heterocycles. The zero-order valence-corrected chi connectivity index (χ0v) is 15.9. The van der Waals surface area contributed by atoms with Crippen molar-refractivity contribution in [3.63, 3.8) is 0 Å². The summed E-state index contributed by atoms with van der Waals surface area (Å²) in [5.41, 5.74) is 0. The minimum Gasteiger partial charge on any atom is -0.288 e. The van der Waals surface area contributed by atoms with Gasteiger partial charge in [0.2, 0.25) is 6.23 Å². The van der Waals surface area contributed by atoms with Gasteiger partial charge in [-0.3, -0.25) is 4.74 Å². The molecule has 0 aliphatic rings. The first-order valence-corrected chi connectivity index (χ1v) is 9.52. The molecule has 0 spiro atoms. The average molecular weight is 420 g/mol. The lowest BCUT2D eigenvalue weighted by atomic mass is 10.3. The van der Waals surface area contributed by atoms with Gasteiger partial charge in [-0.2, -0.15) is 26.7 Å². The molecule has 0 radical (unpaired) electrons. The molecule has 0 heterocycles. The zero-order valence-electron chi connectivity index (χ0n) is 14.2. The van der Waals surface area contributed by atoms with Gasteiger partial charge in [-0.1, -0.05) is 13.8 Å². The van der Waals surface area contributed by atoms with Crippen LogP contribution in [0.4, 0.5) is 26.3 Å². The molecule has 4 atom stereocenters. The lowest BCUT2D eigenvalue weighted by molar-refractivity contribution is -0.346. The fourth-order valence-corrected chi connectivity index (χ4v) is 2.99. The van der Waals surface area contributed by atoms with Crippen molar-refractivity contribution in [2.45, 2.75) is 64.2 Å². The van der Waals surface area contributed by atoms with Crippen molar-refractivity contribution in [1.82, 2.24) is 9.44 Å². The van der Waals surface area contributed by atoms with E-state index in [1.54, 1.807) is 13.8 Å². The minimum absolute atomic E-state index is 0.257. The number of hydrogen-bond donors (Lipinski definition) is 2. The topological polar surface area (TPSA) is 67.4 Å². The first kappa shape index (κ1) is 24.8. The lowest BCUT2D eigenvalue weighted by Gasteiger charge is -2.29. The number of alkyl halides is 6. The van der Waals surface area contributed by atoms with Crippen LogP contribution in [0, 0.1) is 5.92 Å². The predicted molar refractivity (Wildman–Crippen MR) is 82.8 cm³/mol. The fraction of sp³-hybridized carbons (Fsp3) is 1.00. The largest absolute Gasteiger partial charge is 0.429 e. The van der Waals surface area contributed by atoms with Crippen molar-refractivity contribution in [3.05, 3.63) is 0 Å². The summed E-state index contributed by atoms with van der Waals surface area (Å²) in [6.07, 6.45) is -17.2. The van der Waals surface area contributed by atoms with Crippen molar-refractivity contribution in [1.29, 1.82) is 0 Å². The minimum atomic E-state index is -5.38. The number of halogens is 6. The quantitative estimate of drug-likeness (QED) is 0.343. The Hall–Kier alpha value is -0.240. The molecule has 2 unspecified atom stereocenters. The van der Waals surface area contributed by atoms with Crippen LogP contribution in [0.2, 0.25) is 0 Å². The van der Waals surface area contributed by atoms with Gasteiger partial charge in [-0.05, 0) is 26.7 Å². The molecule has 0 amide bonds. The monoisotopic (exact) mass is 420 g/mol. The van der Waals surface area contributed by atoms with E-state index in [-0.39, 0.29) is 11.7 Å². The van der Waals surface area contributed by atoms with E-state index in [0.717, 1.165) is 0 Å². The van der Waals surface area contributed by atoms with E-state index >= 15 is 0 Å². The third-order valence-corrected chi connectivity index (χ3v) is 5.34. The summed E-state index contributed by atoms with van der Waals surface area (Å²) in [6.45, 7) is 7.15. The van der Waals surface area contributed by atoms with Gasteiger partial charge < -0.3 is 0 Å². The Morgan fingerprint density at radius 3 is 1.84 bits per heavy atom. The maximum atomic E-state index is 13.6. The summed E-state index contributed by atoms with van der Waals surface area (Å²) >= 11 is 0. The van der Waals surface area contributed by atoms with Gasteiger partial charge in [0, 0.05) is 5.75 Å². The Kier molecular flexibility index (Phi) is 9.02. The first-order chi connectivity index (χ1) is 11.0. The van der Waals surface area contributed by atoms with Crippen LogP contribution in [0.1, 0.15) is 34.6 Å². The van der Waals surface area contributed by atoms with E-state index in [2.05, 4.69) is 4.74 Å². The lowest BCUT2D eigenvalue weighted by Crippen LogP contribution is -2.55. The van der Waals surface area contributed by atoms with E-state index in [0.29, 0.717) is 0 Å². The molecule has 0 fully saturated rings. The highest BCUT2D eigenvalue weighted by Gasteiger charge is 2.52. The van der Waals surface area contributed by atoms with Crippen LogP contribution in [0.15, 0.2) is 0 Å². The summed E-state index contributed by atoms with van der Waals surface area (Å²) in [4.78, 5) is 0. The smallest absolute Gasteiger partial charge is 0.288 e. The SMILES string of the molecule is CC(C)CS(=O)N[C@H](OC(F)(F)[C@@H](F)NS(=O)C(C)(C)C)C(F)(F)F. The maximum absolute atomic E-state index is 13.6. The molecule has 0 bridgehead atoms. The molecular formula is C12H22F6N2O3S2. The molecule has 0 aromatic rings. The maximum Gasteiger partial charge on any atom is 0.429 e. The second-order valence-corrected chi connectivity index (χ2v) is 9.74. The van der Waals surface area contributed by atoms with Crippen molar-refractivity contribution in [3.8, 4) is 0 Å². The summed E-state index contributed by atoms with van der Waals surface area (Å²) < 4.78 is 107. The van der Waals surface area contributed by atoms with Crippen LogP contribution < -0.4 is 9.44 Å². The molecule has 25 heavy (non-hydrogen) atoms. The predicted octanol–water partition coefficient (Wildman–Crippen LogP) is 2.74. The van der Waals surface area contributed by atoms with Gasteiger partial charge >= 0.3 is 12.3 Å². The standard InChI is InChI=1S/C12H22F6N2O3S2/c1-7(2)6-24(21)20-9(11(14,15)16)23-12(17,18)8(13)19-25(22)10(3,4)5/h7-9,19-20H,6H2,1-5H3/t8-,9+,24?,25?/m0/s1. The molecule has 0 aliphatic heterocycles. The molecule has 0 aliphatic carbocycles. The summed E-state index contributed by atoms with van der Waals surface area (Å²) in [7, 11) is -4.65. The van der Waals surface area contributed by atoms with Gasteiger partial charge in [0.05, 0.1) is 26.7 Å². The van der Waals surface area contributed by atoms with Crippen LogP contribution in [0.25, 0.3) is 0 Å². The van der Waals surface area contributed by atoms with Gasteiger partial charge in [0.25, 0.3) is 6.30 Å². The Balaban J connectivity index is 5.13. The summed E-state index contributed by atoms with van der Waals surface area (Å²) in [6, 6.07) is 0. The van der Waals surface area contributed by atoms with E-state index in [1.165, 1.54) is 30.2 Å². The van der Waals surface area contributed by atoms with E-state index in [1.807, 2.05) is 0 Å². The fourth-order valence-electron chi connectivity index (χ4n) is 1.18. The van der Waals surface area contributed by atoms with Crippen LogP contribution >= 0.6 is 0 Å². The Bertz CT molecular complexity index is 482.